The van der Waals surface area contributed by atoms with Crippen molar-refractivity contribution in [2.75, 3.05) is 19.7 Å². The normalized spacial score (nSPS) is 9.45. The largest absolute Gasteiger partial charge is 0.396 e. The molecule has 0 rings (SSSR count). The molecule has 0 aliphatic carbocycles. The Balaban J connectivity index is 2.75. The van der Waals surface area contributed by atoms with Crippen LogP contribution in [0.2, 0.25) is 0 Å². The molecular weight excluding hydrogens is 138 g/mol. The Morgan fingerprint density at radius 2 is 2.00 bits per heavy atom. The van der Waals surface area contributed by atoms with E-state index in [1.54, 1.807) is 0 Å². The molecule has 0 bridgehead atoms. The first-order chi connectivity index (χ1) is 5.41. The van der Waals surface area contributed by atoms with Gasteiger partial charge >= 0.3 is 0 Å². The molecule has 0 saturated heterocycles. The third-order valence-corrected chi connectivity index (χ3v) is 1.46. The third kappa shape index (κ3) is 9.48. The second-order valence-corrected chi connectivity index (χ2v) is 2.49. The van der Waals surface area contributed by atoms with Crippen LogP contribution in [0.4, 0.5) is 0 Å². The second kappa shape index (κ2) is 9.48. The zero-order chi connectivity index (χ0) is 8.36. The van der Waals surface area contributed by atoms with Crippen molar-refractivity contribution in [3.8, 4) is 12.3 Å². The van der Waals surface area contributed by atoms with Gasteiger partial charge in [0.2, 0.25) is 0 Å². The smallest absolute Gasteiger partial charge is 0.0431 e. The maximum absolute atomic E-state index is 8.46. The van der Waals surface area contributed by atoms with Crippen molar-refractivity contribution < 1.29 is 5.11 Å². The summed E-state index contributed by atoms with van der Waals surface area (Å²) in [5.74, 6) is 2.57. The van der Waals surface area contributed by atoms with Gasteiger partial charge in [-0.05, 0) is 25.8 Å². The lowest BCUT2D eigenvalue weighted by atomic mass is 10.2. The predicted octanol–water partition coefficient (Wildman–Crippen LogP) is 0.762. The van der Waals surface area contributed by atoms with Gasteiger partial charge in [-0.2, -0.15) is 0 Å². The first-order valence-electron chi connectivity index (χ1n) is 4.17. The molecule has 0 aliphatic heterocycles. The Morgan fingerprint density at radius 1 is 1.18 bits per heavy atom. The molecule has 11 heavy (non-hydrogen) atoms. The van der Waals surface area contributed by atoms with Crippen molar-refractivity contribution >= 4 is 0 Å². The van der Waals surface area contributed by atoms with Gasteiger partial charge in [-0.25, -0.2) is 0 Å². The molecular formula is C9H17NO. The highest BCUT2D eigenvalue weighted by atomic mass is 16.2. The molecule has 0 spiro atoms. The molecule has 0 fully saturated rings. The molecule has 0 aromatic carbocycles. The quantitative estimate of drug-likeness (QED) is 0.420. The van der Waals surface area contributed by atoms with Crippen molar-refractivity contribution in [3.05, 3.63) is 0 Å². The molecule has 0 aromatic rings. The van der Waals surface area contributed by atoms with Gasteiger partial charge in [0, 0.05) is 19.6 Å². The summed E-state index contributed by atoms with van der Waals surface area (Å²) in [5.41, 5.74) is 0. The minimum absolute atomic E-state index is 0.310. The molecule has 0 aromatic heterocycles. The Morgan fingerprint density at radius 3 is 2.64 bits per heavy atom. The van der Waals surface area contributed by atoms with Crippen LogP contribution in [0.25, 0.3) is 0 Å². The average molecular weight is 155 g/mol. The minimum Gasteiger partial charge on any atom is -0.396 e. The highest BCUT2D eigenvalue weighted by molar-refractivity contribution is 4.83. The van der Waals surface area contributed by atoms with E-state index in [9.17, 15) is 0 Å². The summed E-state index contributed by atoms with van der Waals surface area (Å²) >= 11 is 0. The third-order valence-electron chi connectivity index (χ3n) is 1.46. The van der Waals surface area contributed by atoms with Crippen molar-refractivity contribution in [2.45, 2.75) is 25.7 Å². The van der Waals surface area contributed by atoms with Gasteiger partial charge < -0.3 is 10.4 Å². The molecule has 2 N–H and O–H groups in total. The molecule has 2 nitrogen and oxygen atoms in total. The zero-order valence-corrected chi connectivity index (χ0v) is 6.97. The zero-order valence-electron chi connectivity index (χ0n) is 6.97. The maximum Gasteiger partial charge on any atom is 0.0431 e. The standard InChI is InChI=1S/C9H17NO/c1-2-3-7-10-8-5-4-6-9-11/h1,10-11H,3-9H2. The molecule has 0 atom stereocenters. The maximum atomic E-state index is 8.46. The van der Waals surface area contributed by atoms with Gasteiger partial charge in [-0.1, -0.05) is 0 Å². The van der Waals surface area contributed by atoms with E-state index >= 15 is 0 Å². The van der Waals surface area contributed by atoms with E-state index in [0.29, 0.717) is 6.61 Å². The molecule has 0 aliphatic rings. The SMILES string of the molecule is C#CCCNCCCCCO. The van der Waals surface area contributed by atoms with Crippen LogP contribution in [0.15, 0.2) is 0 Å². The molecule has 0 heterocycles. The predicted molar refractivity (Wildman–Crippen MR) is 47.3 cm³/mol. The van der Waals surface area contributed by atoms with Crippen LogP contribution >= 0.6 is 0 Å². The van der Waals surface area contributed by atoms with Crippen LogP contribution in [0, 0.1) is 12.3 Å². The lowest BCUT2D eigenvalue weighted by molar-refractivity contribution is 0.283. The van der Waals surface area contributed by atoms with Crippen molar-refractivity contribution in [1.29, 1.82) is 0 Å². The van der Waals surface area contributed by atoms with E-state index in [1.165, 1.54) is 0 Å². The molecule has 64 valence electrons. The van der Waals surface area contributed by atoms with E-state index in [2.05, 4.69) is 11.2 Å². The second-order valence-electron chi connectivity index (χ2n) is 2.49. The minimum atomic E-state index is 0.310. The molecule has 0 amide bonds. The lowest BCUT2D eigenvalue weighted by Gasteiger charge is -2.00. The number of hydrogen-bond acceptors (Lipinski definition) is 2. The molecule has 0 unspecified atom stereocenters. The van der Waals surface area contributed by atoms with Crippen LogP contribution in [0.3, 0.4) is 0 Å². The van der Waals surface area contributed by atoms with E-state index in [4.69, 9.17) is 11.5 Å². The van der Waals surface area contributed by atoms with E-state index in [0.717, 1.165) is 38.8 Å². The summed E-state index contributed by atoms with van der Waals surface area (Å²) in [6.07, 6.45) is 9.01. The summed E-state index contributed by atoms with van der Waals surface area (Å²) in [6, 6.07) is 0. The summed E-state index contributed by atoms with van der Waals surface area (Å²) < 4.78 is 0. The summed E-state index contributed by atoms with van der Waals surface area (Å²) in [7, 11) is 0. The fourth-order valence-corrected chi connectivity index (χ4v) is 0.824. The number of unbranched alkanes of at least 4 members (excludes halogenated alkanes) is 2. The number of hydrogen-bond donors (Lipinski definition) is 2. The van der Waals surface area contributed by atoms with Crippen LogP contribution in [-0.2, 0) is 0 Å². The van der Waals surface area contributed by atoms with Gasteiger partial charge in [0.15, 0.2) is 0 Å². The number of rotatable bonds is 7. The first kappa shape index (κ1) is 10.5. The van der Waals surface area contributed by atoms with E-state index < -0.39 is 0 Å². The first-order valence-corrected chi connectivity index (χ1v) is 4.17. The van der Waals surface area contributed by atoms with Crippen LogP contribution in [0.1, 0.15) is 25.7 Å². The fourth-order valence-electron chi connectivity index (χ4n) is 0.824. The fraction of sp³-hybridized carbons (Fsp3) is 0.778. The van der Waals surface area contributed by atoms with Gasteiger partial charge in [-0.15, -0.1) is 12.3 Å². The highest BCUT2D eigenvalue weighted by Gasteiger charge is 1.87. The van der Waals surface area contributed by atoms with Crippen LogP contribution in [0.5, 0.6) is 0 Å². The van der Waals surface area contributed by atoms with Crippen molar-refractivity contribution in [1.82, 2.24) is 5.32 Å². The molecule has 2 heteroatoms. The van der Waals surface area contributed by atoms with Crippen molar-refractivity contribution in [3.63, 3.8) is 0 Å². The molecule has 0 radical (unpaired) electrons. The Hall–Kier alpha value is -0.520. The van der Waals surface area contributed by atoms with Crippen molar-refractivity contribution in [2.24, 2.45) is 0 Å². The Labute approximate surface area is 69.0 Å². The van der Waals surface area contributed by atoms with E-state index in [1.807, 2.05) is 0 Å². The van der Waals surface area contributed by atoms with Gasteiger partial charge in [0.25, 0.3) is 0 Å². The van der Waals surface area contributed by atoms with Gasteiger partial charge in [0.1, 0.15) is 0 Å². The highest BCUT2D eigenvalue weighted by Crippen LogP contribution is 1.91. The number of aliphatic hydroxyl groups is 1. The van der Waals surface area contributed by atoms with E-state index in [-0.39, 0.29) is 0 Å². The van der Waals surface area contributed by atoms with Gasteiger partial charge in [-0.3, -0.25) is 0 Å². The lowest BCUT2D eigenvalue weighted by Crippen LogP contribution is -2.16. The summed E-state index contributed by atoms with van der Waals surface area (Å²) in [4.78, 5) is 0. The summed E-state index contributed by atoms with van der Waals surface area (Å²) in [5, 5.41) is 11.7. The van der Waals surface area contributed by atoms with Crippen LogP contribution < -0.4 is 5.32 Å². The number of terminal acetylenes is 1. The topological polar surface area (TPSA) is 32.3 Å². The Bertz CT molecular complexity index is 107. The molecule has 0 saturated carbocycles. The average Bonchev–Trinajstić information content (AvgIpc) is 2.03. The Kier molecular flexibility index (Phi) is 9.03. The number of nitrogens with one attached hydrogen (secondary N) is 1. The van der Waals surface area contributed by atoms with Gasteiger partial charge in [0.05, 0.1) is 0 Å². The van der Waals surface area contributed by atoms with Crippen LogP contribution in [-0.4, -0.2) is 24.8 Å². The summed E-state index contributed by atoms with van der Waals surface area (Å²) in [6.45, 7) is 2.24. The number of aliphatic hydroxyl groups excluding tert-OH is 1. The monoisotopic (exact) mass is 155 g/mol.